The molecule has 103 valence electrons. The summed E-state index contributed by atoms with van der Waals surface area (Å²) in [6.07, 6.45) is 7.61. The Hall–Kier alpha value is -2.01. The number of hydrogen-bond acceptors (Lipinski definition) is 4. The van der Waals surface area contributed by atoms with E-state index in [-0.39, 0.29) is 1.43 Å². The van der Waals surface area contributed by atoms with Crippen LogP contribution in [-0.2, 0) is 6.42 Å². The van der Waals surface area contributed by atoms with Crippen LogP contribution in [-0.4, -0.2) is 25.2 Å². The number of benzene rings is 1. The molecule has 0 saturated heterocycles. The van der Waals surface area contributed by atoms with Crippen molar-refractivity contribution in [2.45, 2.75) is 26.4 Å². The van der Waals surface area contributed by atoms with Crippen molar-refractivity contribution in [2.75, 3.05) is 0 Å². The van der Waals surface area contributed by atoms with Gasteiger partial charge in [0, 0.05) is 31.2 Å². The van der Waals surface area contributed by atoms with Gasteiger partial charge in [-0.1, -0.05) is 6.07 Å². The zero-order valence-corrected chi connectivity index (χ0v) is 13.0. The molecule has 0 N–H and O–H groups in total. The molecule has 20 heavy (non-hydrogen) atoms. The van der Waals surface area contributed by atoms with E-state index < -0.39 is 9.04 Å². The van der Waals surface area contributed by atoms with Gasteiger partial charge in [0.2, 0.25) is 0 Å². The number of rotatable bonds is 5. The van der Waals surface area contributed by atoms with Crippen molar-refractivity contribution in [2.24, 2.45) is 4.99 Å². The van der Waals surface area contributed by atoms with Gasteiger partial charge in [0.05, 0.1) is 5.69 Å². The molecule has 1 aromatic carbocycles. The van der Waals surface area contributed by atoms with Crippen LogP contribution in [0.25, 0.3) is 0 Å². The second-order valence-electron chi connectivity index (χ2n) is 4.69. The summed E-state index contributed by atoms with van der Waals surface area (Å²) in [5.74, 6) is 0.860. The van der Waals surface area contributed by atoms with E-state index >= 15 is 0 Å². The van der Waals surface area contributed by atoms with Crippen molar-refractivity contribution in [3.05, 3.63) is 48.0 Å². The third-order valence-electron chi connectivity index (χ3n) is 2.58. The topological polar surface area (TPSA) is 47.4 Å². The molecule has 1 radical (unpaired) electrons. The highest BCUT2D eigenvalue weighted by Gasteiger charge is 2.06. The summed E-state index contributed by atoms with van der Waals surface area (Å²) in [4.78, 5) is 12.7. The molecule has 0 spiro atoms. The molecule has 0 amide bonds. The molecule has 0 saturated carbocycles. The minimum atomic E-state index is -0.798. The van der Waals surface area contributed by atoms with Crippen LogP contribution in [0, 0.1) is 6.92 Å². The quantitative estimate of drug-likeness (QED) is 0.624. The molecule has 0 bridgehead atoms. The fourth-order valence-electron chi connectivity index (χ4n) is 1.70. The summed E-state index contributed by atoms with van der Waals surface area (Å²) in [6.45, 7) is 6.28. The Labute approximate surface area is 122 Å². The highest BCUT2D eigenvalue weighted by Crippen LogP contribution is 2.28. The summed E-state index contributed by atoms with van der Waals surface area (Å²) in [5.41, 5.74) is 2.95. The third-order valence-corrected chi connectivity index (χ3v) is 3.21. The van der Waals surface area contributed by atoms with E-state index in [1.54, 1.807) is 18.6 Å². The molecule has 2 rings (SSSR count). The van der Waals surface area contributed by atoms with Crippen LogP contribution >= 0.6 is 0 Å². The first-order valence-electron chi connectivity index (χ1n) is 6.51. The number of aryl methyl sites for hydroxylation is 1. The Morgan fingerprint density at radius 2 is 2.20 bits per heavy atom. The van der Waals surface area contributed by atoms with Crippen LogP contribution in [0.2, 0.25) is 13.1 Å². The Morgan fingerprint density at radius 1 is 1.35 bits per heavy atom. The molecule has 0 aliphatic heterocycles. The molecule has 0 atom stereocenters. The predicted octanol–water partition coefficient (Wildman–Crippen LogP) is 3.47. The van der Waals surface area contributed by atoms with Gasteiger partial charge in [-0.05, 0) is 37.7 Å². The molecular formula is C15H19N3OSi+. The first-order valence-corrected chi connectivity index (χ1v) is 8.92. The summed E-state index contributed by atoms with van der Waals surface area (Å²) >= 11 is 0. The SMILES string of the molecule is Cc1ccc(N=CCc2cnccn2)c(O[Si](C)C)c1.[H+]. The lowest BCUT2D eigenvalue weighted by Gasteiger charge is -2.11. The third kappa shape index (κ3) is 4.27. The number of hydrogen-bond donors (Lipinski definition) is 0. The zero-order chi connectivity index (χ0) is 14.4. The highest BCUT2D eigenvalue weighted by atomic mass is 28.3. The Bertz CT molecular complexity index is 591. The average molecular weight is 285 g/mol. The average Bonchev–Trinajstić information content (AvgIpc) is 2.42. The molecule has 1 heterocycles. The number of aromatic nitrogens is 2. The van der Waals surface area contributed by atoms with Gasteiger partial charge in [0.25, 0.3) is 9.04 Å². The normalized spacial score (nSPS) is 11.2. The lowest BCUT2D eigenvalue weighted by atomic mass is 10.2. The minimum absolute atomic E-state index is 0. The lowest BCUT2D eigenvalue weighted by molar-refractivity contribution is 0.581. The van der Waals surface area contributed by atoms with Gasteiger partial charge < -0.3 is 4.43 Å². The molecule has 5 heteroatoms. The van der Waals surface area contributed by atoms with E-state index in [4.69, 9.17) is 4.43 Å². The molecular weight excluding hydrogens is 266 g/mol. The Balaban J connectivity index is 0.00000220. The van der Waals surface area contributed by atoms with Gasteiger partial charge in [-0.3, -0.25) is 15.0 Å². The molecule has 0 unspecified atom stereocenters. The molecule has 1 aromatic heterocycles. The smallest absolute Gasteiger partial charge is 0.541 e. The van der Waals surface area contributed by atoms with Crippen molar-refractivity contribution >= 4 is 20.9 Å². The van der Waals surface area contributed by atoms with E-state index in [1.807, 2.05) is 24.4 Å². The second-order valence-corrected chi connectivity index (χ2v) is 6.71. The van der Waals surface area contributed by atoms with Gasteiger partial charge in [-0.25, -0.2) is 0 Å². The number of aliphatic imine (C=N–C) groups is 1. The maximum absolute atomic E-state index is 5.89. The van der Waals surface area contributed by atoms with Crippen LogP contribution < -0.4 is 4.43 Å². The summed E-state index contributed by atoms with van der Waals surface area (Å²) in [6, 6.07) is 6.06. The first kappa shape index (κ1) is 14.4. The van der Waals surface area contributed by atoms with Gasteiger partial charge in [-0.15, -0.1) is 0 Å². The van der Waals surface area contributed by atoms with E-state index in [1.165, 1.54) is 5.56 Å². The molecule has 0 aliphatic carbocycles. The molecule has 4 nitrogen and oxygen atoms in total. The Kier molecular flexibility index (Phi) is 5.01. The lowest BCUT2D eigenvalue weighted by Crippen LogP contribution is -2.11. The largest absolute Gasteiger partial charge is 1.00 e. The van der Waals surface area contributed by atoms with E-state index in [2.05, 4.69) is 35.0 Å². The fourth-order valence-corrected chi connectivity index (χ4v) is 2.31. The van der Waals surface area contributed by atoms with Gasteiger partial charge in [0.1, 0.15) is 11.4 Å². The van der Waals surface area contributed by atoms with Crippen LogP contribution in [0.15, 0.2) is 41.8 Å². The summed E-state index contributed by atoms with van der Waals surface area (Å²) < 4.78 is 5.89. The van der Waals surface area contributed by atoms with Crippen molar-refractivity contribution in [1.82, 2.24) is 9.97 Å². The minimum Gasteiger partial charge on any atom is -0.541 e. The number of nitrogens with zero attached hydrogens (tertiary/aromatic N) is 3. The second kappa shape index (κ2) is 6.95. The van der Waals surface area contributed by atoms with Crippen molar-refractivity contribution in [1.29, 1.82) is 0 Å². The molecule has 0 fully saturated rings. The van der Waals surface area contributed by atoms with E-state index in [0.29, 0.717) is 6.42 Å². The maximum atomic E-state index is 5.89. The first-order chi connectivity index (χ1) is 9.65. The molecule has 0 aliphatic rings. The molecule has 2 aromatic rings. The highest BCUT2D eigenvalue weighted by molar-refractivity contribution is 6.49. The summed E-state index contributed by atoms with van der Waals surface area (Å²) in [7, 11) is -0.798. The standard InChI is InChI=1S/C15H18N3OSi/c1-12-4-5-14(15(10-12)19-20(2)3)18-7-6-13-11-16-8-9-17-13/h4-5,7-11H,6H2,1-3H3/p+1. The Morgan fingerprint density at radius 3 is 2.90 bits per heavy atom. The van der Waals surface area contributed by atoms with Crippen molar-refractivity contribution in [3.63, 3.8) is 0 Å². The van der Waals surface area contributed by atoms with Crippen molar-refractivity contribution in [3.8, 4) is 5.75 Å². The van der Waals surface area contributed by atoms with Gasteiger partial charge >= 0.3 is 1.43 Å². The van der Waals surface area contributed by atoms with Crippen LogP contribution in [0.3, 0.4) is 0 Å². The van der Waals surface area contributed by atoms with Crippen LogP contribution in [0.5, 0.6) is 5.75 Å². The zero-order valence-electron chi connectivity index (χ0n) is 13.0. The van der Waals surface area contributed by atoms with E-state index in [9.17, 15) is 0 Å². The van der Waals surface area contributed by atoms with Gasteiger partial charge in [0.15, 0.2) is 0 Å². The fraction of sp³-hybridized carbons (Fsp3) is 0.267. The maximum Gasteiger partial charge on any atom is 1.00 e. The van der Waals surface area contributed by atoms with Gasteiger partial charge in [-0.2, -0.15) is 0 Å². The van der Waals surface area contributed by atoms with Crippen LogP contribution in [0.1, 0.15) is 12.7 Å². The summed E-state index contributed by atoms with van der Waals surface area (Å²) in [5, 5.41) is 0. The monoisotopic (exact) mass is 285 g/mol. The van der Waals surface area contributed by atoms with E-state index in [0.717, 1.165) is 17.1 Å². The van der Waals surface area contributed by atoms with Crippen molar-refractivity contribution < 1.29 is 5.85 Å². The van der Waals surface area contributed by atoms with Crippen LogP contribution in [0.4, 0.5) is 5.69 Å². The predicted molar refractivity (Wildman–Crippen MR) is 84.3 cm³/mol.